The van der Waals surface area contributed by atoms with Crippen molar-refractivity contribution >= 4 is 23.4 Å². The molecule has 10 heteroatoms. The van der Waals surface area contributed by atoms with E-state index >= 15 is 0 Å². The van der Waals surface area contributed by atoms with E-state index in [-0.39, 0.29) is 24.0 Å². The number of piperazine rings is 1. The lowest BCUT2D eigenvalue weighted by Gasteiger charge is -2.47. The van der Waals surface area contributed by atoms with Crippen LogP contribution in [0, 0.1) is 17.2 Å². The predicted octanol–water partition coefficient (Wildman–Crippen LogP) is 3.79. The first-order valence-corrected chi connectivity index (χ1v) is 12.7. The molecule has 1 spiro atoms. The number of amides is 1. The Labute approximate surface area is 208 Å². The van der Waals surface area contributed by atoms with Crippen molar-refractivity contribution in [3.63, 3.8) is 0 Å². The molecule has 4 aliphatic rings. The number of fused-ring (bicyclic) bond motifs is 2. The van der Waals surface area contributed by atoms with Crippen LogP contribution in [-0.4, -0.2) is 63.4 Å². The van der Waals surface area contributed by atoms with Gasteiger partial charge in [0.05, 0.1) is 11.6 Å². The summed E-state index contributed by atoms with van der Waals surface area (Å²) in [6.45, 7) is 5.17. The van der Waals surface area contributed by atoms with E-state index in [9.17, 15) is 18.8 Å². The first kappa shape index (κ1) is 23.1. The van der Waals surface area contributed by atoms with Gasteiger partial charge in [-0.15, -0.1) is 0 Å². The van der Waals surface area contributed by atoms with Gasteiger partial charge >= 0.3 is 5.92 Å². The molecule has 0 radical (unpaired) electrons. The Balaban J connectivity index is 1.34. The highest BCUT2D eigenvalue weighted by Crippen LogP contribution is 2.56. The summed E-state index contributed by atoms with van der Waals surface area (Å²) in [5.74, 6) is -2.84. The number of anilines is 3. The Hall–Kier alpha value is -3.35. The summed E-state index contributed by atoms with van der Waals surface area (Å²) in [6.07, 6.45) is 7.14. The number of rotatable bonds is 4. The van der Waals surface area contributed by atoms with Gasteiger partial charge in [-0.05, 0) is 51.7 Å². The molecule has 1 amide bonds. The van der Waals surface area contributed by atoms with Gasteiger partial charge in [0.1, 0.15) is 23.8 Å². The van der Waals surface area contributed by atoms with Crippen molar-refractivity contribution in [3.05, 3.63) is 35.8 Å². The number of hydrogen-bond acceptors (Lipinski definition) is 7. The van der Waals surface area contributed by atoms with Crippen LogP contribution in [0.2, 0.25) is 0 Å². The van der Waals surface area contributed by atoms with Gasteiger partial charge < -0.3 is 14.7 Å². The van der Waals surface area contributed by atoms with Crippen LogP contribution >= 0.6 is 0 Å². The quantitative estimate of drug-likeness (QED) is 0.640. The van der Waals surface area contributed by atoms with Gasteiger partial charge in [0.15, 0.2) is 0 Å². The third-order valence-electron chi connectivity index (χ3n) is 8.41. The number of hydrogen-bond donors (Lipinski definition) is 0. The molecule has 6 rings (SSSR count). The molecule has 2 saturated carbocycles. The van der Waals surface area contributed by atoms with E-state index in [1.807, 2.05) is 13.8 Å². The molecule has 2 aromatic heterocycles. The SMILES string of the molecule is C[C@@H]1CN(c2ncnc3c2C2(CCC2)CN3c2cc(C#N)ccn2)[C@@H](C)CN1C(=O)C(F)(F)C1CC1. The fourth-order valence-corrected chi connectivity index (χ4v) is 6.07. The molecule has 1 saturated heterocycles. The van der Waals surface area contributed by atoms with Crippen molar-refractivity contribution < 1.29 is 13.6 Å². The zero-order chi connectivity index (χ0) is 25.2. The van der Waals surface area contributed by atoms with E-state index in [2.05, 4.69) is 25.8 Å². The average molecular weight is 494 g/mol. The van der Waals surface area contributed by atoms with E-state index < -0.39 is 17.7 Å². The van der Waals surface area contributed by atoms with E-state index in [1.165, 1.54) is 4.90 Å². The molecule has 2 aromatic rings. The van der Waals surface area contributed by atoms with Crippen molar-refractivity contribution in [1.82, 2.24) is 19.9 Å². The summed E-state index contributed by atoms with van der Waals surface area (Å²) >= 11 is 0. The minimum atomic E-state index is -3.28. The third kappa shape index (κ3) is 3.43. The minimum absolute atomic E-state index is 0.106. The van der Waals surface area contributed by atoms with E-state index in [0.717, 1.165) is 36.5 Å². The number of carbonyl (C=O) groups is 1. The van der Waals surface area contributed by atoms with Gasteiger partial charge in [-0.3, -0.25) is 4.79 Å². The molecule has 0 unspecified atom stereocenters. The van der Waals surface area contributed by atoms with Crippen molar-refractivity contribution in [1.29, 1.82) is 5.26 Å². The molecule has 188 valence electrons. The fourth-order valence-electron chi connectivity index (χ4n) is 6.07. The second-order valence-electron chi connectivity index (χ2n) is 10.8. The fraction of sp³-hybridized carbons (Fsp3) is 0.577. The molecule has 2 aliphatic carbocycles. The Morgan fingerprint density at radius 2 is 1.89 bits per heavy atom. The zero-order valence-corrected chi connectivity index (χ0v) is 20.5. The van der Waals surface area contributed by atoms with Crippen molar-refractivity contribution in [2.45, 2.75) is 69.4 Å². The van der Waals surface area contributed by atoms with Crippen LogP contribution in [-0.2, 0) is 10.2 Å². The summed E-state index contributed by atoms with van der Waals surface area (Å²) < 4.78 is 29.3. The van der Waals surface area contributed by atoms with Crippen LogP contribution in [0.5, 0.6) is 0 Å². The first-order valence-electron chi connectivity index (χ1n) is 12.7. The van der Waals surface area contributed by atoms with Gasteiger partial charge in [-0.1, -0.05) is 6.42 Å². The molecular formula is C26H29F2N7O. The van der Waals surface area contributed by atoms with Crippen molar-refractivity contribution in [2.75, 3.05) is 29.4 Å². The molecule has 36 heavy (non-hydrogen) atoms. The number of aromatic nitrogens is 3. The molecule has 0 N–H and O–H groups in total. The maximum absolute atomic E-state index is 14.6. The number of carbonyl (C=O) groups excluding carboxylic acids is 1. The van der Waals surface area contributed by atoms with Gasteiger partial charge in [0.2, 0.25) is 0 Å². The van der Waals surface area contributed by atoms with Gasteiger partial charge in [0, 0.05) is 54.8 Å². The van der Waals surface area contributed by atoms with Gasteiger partial charge in [0.25, 0.3) is 5.91 Å². The lowest BCUT2D eigenvalue weighted by atomic mass is 9.66. The zero-order valence-electron chi connectivity index (χ0n) is 20.5. The van der Waals surface area contributed by atoms with Crippen LogP contribution in [0.1, 0.15) is 57.1 Å². The topological polar surface area (TPSA) is 89.2 Å². The number of nitriles is 1. The molecule has 2 aliphatic heterocycles. The summed E-state index contributed by atoms with van der Waals surface area (Å²) in [5, 5.41) is 9.37. The molecule has 2 atom stereocenters. The highest BCUT2D eigenvalue weighted by Gasteiger charge is 2.56. The number of nitrogens with zero attached hydrogens (tertiary/aromatic N) is 7. The number of halogens is 2. The van der Waals surface area contributed by atoms with E-state index in [4.69, 9.17) is 4.98 Å². The Morgan fingerprint density at radius 3 is 2.56 bits per heavy atom. The molecule has 8 nitrogen and oxygen atoms in total. The normalized spacial score (nSPS) is 24.9. The largest absolute Gasteiger partial charge is 0.350 e. The molecule has 3 fully saturated rings. The second-order valence-corrected chi connectivity index (χ2v) is 10.8. The highest BCUT2D eigenvalue weighted by atomic mass is 19.3. The molecule has 4 heterocycles. The Morgan fingerprint density at radius 1 is 1.14 bits per heavy atom. The summed E-state index contributed by atoms with van der Waals surface area (Å²) in [6, 6.07) is 5.09. The van der Waals surface area contributed by atoms with E-state index in [0.29, 0.717) is 37.3 Å². The summed E-state index contributed by atoms with van der Waals surface area (Å²) in [7, 11) is 0. The number of alkyl halides is 2. The van der Waals surface area contributed by atoms with Crippen LogP contribution in [0.4, 0.5) is 26.2 Å². The predicted molar refractivity (Wildman–Crippen MR) is 129 cm³/mol. The molecule has 0 aromatic carbocycles. The highest BCUT2D eigenvalue weighted by molar-refractivity contribution is 5.85. The van der Waals surface area contributed by atoms with Crippen molar-refractivity contribution in [2.24, 2.45) is 5.92 Å². The van der Waals surface area contributed by atoms with Crippen molar-refractivity contribution in [3.8, 4) is 6.07 Å². The molecule has 0 bridgehead atoms. The third-order valence-corrected chi connectivity index (χ3v) is 8.41. The minimum Gasteiger partial charge on any atom is -0.350 e. The second kappa shape index (κ2) is 8.08. The summed E-state index contributed by atoms with van der Waals surface area (Å²) in [4.78, 5) is 32.3. The van der Waals surface area contributed by atoms with Gasteiger partial charge in [-0.2, -0.15) is 14.0 Å². The van der Waals surface area contributed by atoms with Crippen LogP contribution in [0.25, 0.3) is 0 Å². The maximum atomic E-state index is 14.6. The lowest BCUT2D eigenvalue weighted by Crippen LogP contribution is -2.61. The monoisotopic (exact) mass is 493 g/mol. The van der Waals surface area contributed by atoms with Gasteiger partial charge in [-0.25, -0.2) is 15.0 Å². The van der Waals surface area contributed by atoms with E-state index in [1.54, 1.807) is 24.7 Å². The molecular weight excluding hydrogens is 464 g/mol. The lowest BCUT2D eigenvalue weighted by molar-refractivity contribution is -0.163. The number of pyridine rings is 1. The van der Waals surface area contributed by atoms with Crippen LogP contribution < -0.4 is 9.80 Å². The van der Waals surface area contributed by atoms with Crippen LogP contribution in [0.15, 0.2) is 24.7 Å². The van der Waals surface area contributed by atoms with Crippen LogP contribution in [0.3, 0.4) is 0 Å². The summed E-state index contributed by atoms with van der Waals surface area (Å²) in [5.41, 5.74) is 1.50. The smallest absolute Gasteiger partial charge is 0.327 e. The average Bonchev–Trinajstić information content (AvgIpc) is 3.65. The maximum Gasteiger partial charge on any atom is 0.327 e. The standard InChI is InChI=1S/C26H29F2N7O/c1-16-13-34(24(36)26(27,28)19-4-5-19)17(2)12-33(16)22-21-23(32-15-31-22)35(14-25(21)7-3-8-25)20-10-18(11-29)6-9-30-20/h6,9-10,15-17,19H,3-5,7-8,12-14H2,1-2H3/t16-,17+/m0/s1. The first-order chi connectivity index (χ1) is 17.2. The Bertz CT molecular complexity index is 1250. The Kier molecular flexibility index (Phi) is 5.18.